The molecule has 0 aromatic carbocycles. The normalized spacial score (nSPS) is 14.9. The number of hydrogen-bond donors (Lipinski definition) is 3. The van der Waals surface area contributed by atoms with Crippen LogP contribution in [-0.2, 0) is 13.0 Å². The third-order valence-electron chi connectivity index (χ3n) is 2.32. The first-order valence-corrected chi connectivity index (χ1v) is 5.28. The van der Waals surface area contributed by atoms with Crippen molar-refractivity contribution in [3.63, 3.8) is 0 Å². The summed E-state index contributed by atoms with van der Waals surface area (Å²) in [6.45, 7) is 4.81. The third-order valence-corrected chi connectivity index (χ3v) is 2.51. The van der Waals surface area contributed by atoms with Crippen LogP contribution in [0.3, 0.4) is 0 Å². The van der Waals surface area contributed by atoms with Crippen molar-refractivity contribution in [2.24, 2.45) is 0 Å². The summed E-state index contributed by atoms with van der Waals surface area (Å²) in [5, 5.41) is 6.56. The summed E-state index contributed by atoms with van der Waals surface area (Å²) >= 11 is 5.07. The van der Waals surface area contributed by atoms with Crippen LogP contribution in [0.15, 0.2) is 0 Å². The Kier molecular flexibility index (Phi) is 2.79. The number of nitrogens with one attached hydrogen (secondary N) is 3. The van der Waals surface area contributed by atoms with Gasteiger partial charge in [0.1, 0.15) is 5.82 Å². The molecule has 76 valence electrons. The smallest absolute Gasteiger partial charge is 0.198 e. The van der Waals surface area contributed by atoms with Crippen LogP contribution in [0.5, 0.6) is 0 Å². The van der Waals surface area contributed by atoms with Crippen LogP contribution in [0.25, 0.3) is 0 Å². The predicted octanol–water partition coefficient (Wildman–Crippen LogP) is 1.22. The second-order valence-corrected chi connectivity index (χ2v) is 3.69. The van der Waals surface area contributed by atoms with Crippen LogP contribution in [-0.4, -0.2) is 23.1 Å². The van der Waals surface area contributed by atoms with Gasteiger partial charge in [-0.15, -0.1) is 0 Å². The maximum atomic E-state index is 5.07. The number of nitrogens with zero attached hydrogens (tertiary/aromatic N) is 1. The summed E-state index contributed by atoms with van der Waals surface area (Å²) in [6, 6.07) is 0. The largest absolute Gasteiger partial charge is 0.370 e. The fourth-order valence-corrected chi connectivity index (χ4v) is 1.90. The van der Waals surface area contributed by atoms with E-state index in [0.29, 0.717) is 4.77 Å². The first-order valence-electron chi connectivity index (χ1n) is 4.88. The molecule has 0 fully saturated rings. The highest BCUT2D eigenvalue weighted by Gasteiger charge is 2.13. The van der Waals surface area contributed by atoms with E-state index in [0.717, 1.165) is 31.9 Å². The van der Waals surface area contributed by atoms with E-state index in [1.807, 2.05) is 0 Å². The number of rotatable bonds is 2. The molecule has 1 aliphatic rings. The molecule has 1 aliphatic heterocycles. The number of H-pyrrole nitrogens is 1. The summed E-state index contributed by atoms with van der Waals surface area (Å²) in [5.41, 5.74) is 2.45. The molecule has 0 aliphatic carbocycles. The van der Waals surface area contributed by atoms with Crippen molar-refractivity contribution < 1.29 is 0 Å². The predicted molar refractivity (Wildman–Crippen MR) is 59.0 cm³/mol. The molecule has 1 aromatic heterocycles. The lowest BCUT2D eigenvalue weighted by Gasteiger charge is -2.19. The molecule has 4 nitrogen and oxygen atoms in total. The molecule has 0 radical (unpaired) electrons. The lowest BCUT2D eigenvalue weighted by molar-refractivity contribution is 0.626. The summed E-state index contributed by atoms with van der Waals surface area (Å²) < 4.78 is 0.571. The second-order valence-electron chi connectivity index (χ2n) is 3.30. The minimum atomic E-state index is 0.571. The van der Waals surface area contributed by atoms with E-state index in [2.05, 4.69) is 27.5 Å². The maximum absolute atomic E-state index is 5.07. The molecule has 5 heteroatoms. The zero-order valence-electron chi connectivity index (χ0n) is 8.18. The number of aromatic amines is 1. The Morgan fingerprint density at radius 1 is 1.57 bits per heavy atom. The Hall–Kier alpha value is -0.940. The van der Waals surface area contributed by atoms with Gasteiger partial charge in [0.2, 0.25) is 0 Å². The van der Waals surface area contributed by atoms with Crippen molar-refractivity contribution in [3.8, 4) is 0 Å². The van der Waals surface area contributed by atoms with Crippen molar-refractivity contribution in [3.05, 3.63) is 16.0 Å². The summed E-state index contributed by atoms with van der Waals surface area (Å²) in [7, 11) is 0. The SMILES string of the molecule is CCNc1nc(=S)[nH]c2c1CNCC2. The number of aromatic nitrogens is 2. The summed E-state index contributed by atoms with van der Waals surface area (Å²) in [4.78, 5) is 7.43. The highest BCUT2D eigenvalue weighted by atomic mass is 32.1. The lowest BCUT2D eigenvalue weighted by Crippen LogP contribution is -2.26. The molecule has 0 saturated carbocycles. The Morgan fingerprint density at radius 3 is 3.21 bits per heavy atom. The average molecular weight is 210 g/mol. The maximum Gasteiger partial charge on any atom is 0.198 e. The zero-order chi connectivity index (χ0) is 9.97. The summed E-state index contributed by atoms with van der Waals surface area (Å²) in [6.07, 6.45) is 1.000. The van der Waals surface area contributed by atoms with Crippen LogP contribution < -0.4 is 10.6 Å². The number of hydrogen-bond acceptors (Lipinski definition) is 4. The lowest BCUT2D eigenvalue weighted by atomic mass is 10.1. The van der Waals surface area contributed by atoms with Gasteiger partial charge in [0.25, 0.3) is 0 Å². The van der Waals surface area contributed by atoms with E-state index in [1.165, 1.54) is 11.3 Å². The van der Waals surface area contributed by atoms with Crippen molar-refractivity contribution in [1.82, 2.24) is 15.3 Å². The summed E-state index contributed by atoms with van der Waals surface area (Å²) in [5.74, 6) is 0.929. The van der Waals surface area contributed by atoms with Crippen molar-refractivity contribution >= 4 is 18.0 Å². The number of fused-ring (bicyclic) bond motifs is 1. The van der Waals surface area contributed by atoms with Gasteiger partial charge in [0.05, 0.1) is 0 Å². The zero-order valence-corrected chi connectivity index (χ0v) is 9.00. The van der Waals surface area contributed by atoms with E-state index in [4.69, 9.17) is 12.2 Å². The van der Waals surface area contributed by atoms with Crippen LogP contribution in [0.1, 0.15) is 18.2 Å². The van der Waals surface area contributed by atoms with Crippen LogP contribution in [0, 0.1) is 4.77 Å². The fourth-order valence-electron chi connectivity index (χ4n) is 1.69. The van der Waals surface area contributed by atoms with E-state index in [1.54, 1.807) is 0 Å². The molecule has 0 unspecified atom stereocenters. The van der Waals surface area contributed by atoms with Gasteiger partial charge in [-0.25, -0.2) is 4.98 Å². The van der Waals surface area contributed by atoms with Crippen molar-refractivity contribution in [2.75, 3.05) is 18.4 Å². The van der Waals surface area contributed by atoms with Gasteiger partial charge in [-0.1, -0.05) is 0 Å². The van der Waals surface area contributed by atoms with Gasteiger partial charge in [-0.2, -0.15) is 0 Å². The molecule has 0 atom stereocenters. The van der Waals surface area contributed by atoms with Gasteiger partial charge in [0, 0.05) is 37.3 Å². The number of anilines is 1. The Balaban J connectivity index is 2.47. The minimum Gasteiger partial charge on any atom is -0.370 e. The molecule has 0 saturated heterocycles. The van der Waals surface area contributed by atoms with Crippen LogP contribution >= 0.6 is 12.2 Å². The van der Waals surface area contributed by atoms with Gasteiger partial charge in [-0.05, 0) is 19.1 Å². The van der Waals surface area contributed by atoms with Gasteiger partial charge >= 0.3 is 0 Å². The van der Waals surface area contributed by atoms with Gasteiger partial charge in [-0.3, -0.25) is 0 Å². The topological polar surface area (TPSA) is 52.7 Å². The minimum absolute atomic E-state index is 0.571. The highest BCUT2D eigenvalue weighted by molar-refractivity contribution is 7.71. The van der Waals surface area contributed by atoms with Crippen LogP contribution in [0.2, 0.25) is 0 Å². The molecular weight excluding hydrogens is 196 g/mol. The molecule has 2 heterocycles. The first-order chi connectivity index (χ1) is 6.81. The first kappa shape index (κ1) is 9.61. The van der Waals surface area contributed by atoms with Gasteiger partial charge < -0.3 is 15.6 Å². The Labute approximate surface area is 88.1 Å². The molecular formula is C9H14N4S. The highest BCUT2D eigenvalue weighted by Crippen LogP contribution is 2.18. The molecule has 0 spiro atoms. The van der Waals surface area contributed by atoms with Crippen LogP contribution in [0.4, 0.5) is 5.82 Å². The van der Waals surface area contributed by atoms with E-state index in [-0.39, 0.29) is 0 Å². The fraction of sp³-hybridized carbons (Fsp3) is 0.556. The second kappa shape index (κ2) is 4.06. The molecule has 0 amide bonds. The third kappa shape index (κ3) is 1.78. The molecule has 1 aromatic rings. The Bertz CT molecular complexity index is 385. The average Bonchev–Trinajstić information content (AvgIpc) is 2.18. The Morgan fingerprint density at radius 2 is 2.43 bits per heavy atom. The molecule has 3 N–H and O–H groups in total. The van der Waals surface area contributed by atoms with Crippen molar-refractivity contribution in [2.45, 2.75) is 19.9 Å². The van der Waals surface area contributed by atoms with E-state index in [9.17, 15) is 0 Å². The van der Waals surface area contributed by atoms with E-state index < -0.39 is 0 Å². The molecule has 14 heavy (non-hydrogen) atoms. The van der Waals surface area contributed by atoms with Crippen molar-refractivity contribution in [1.29, 1.82) is 0 Å². The van der Waals surface area contributed by atoms with Gasteiger partial charge in [0.15, 0.2) is 4.77 Å². The molecule has 2 rings (SSSR count). The monoisotopic (exact) mass is 210 g/mol. The standard InChI is InChI=1S/C9H14N4S/c1-2-11-8-6-5-10-4-3-7(6)12-9(14)13-8/h10H,2-5H2,1H3,(H2,11,12,13,14). The quantitative estimate of drug-likeness (QED) is 0.642. The van der Waals surface area contributed by atoms with E-state index >= 15 is 0 Å². The molecule has 0 bridgehead atoms.